The second-order valence-corrected chi connectivity index (χ2v) is 37.8. The maximum Gasteiger partial charge on any atom is 0.278 e. The molecule has 0 aliphatic carbocycles. The molecule has 0 aliphatic heterocycles. The van der Waals surface area contributed by atoms with E-state index in [4.69, 9.17) is 24.2 Å². The van der Waals surface area contributed by atoms with Crippen LogP contribution in [0.1, 0.15) is 12.5 Å². The van der Waals surface area contributed by atoms with Crippen molar-refractivity contribution in [2.75, 3.05) is 60.3 Å². The topological polar surface area (TPSA) is 378 Å². The summed E-state index contributed by atoms with van der Waals surface area (Å²) >= 11 is 9.49. The van der Waals surface area contributed by atoms with Gasteiger partial charge in [0.05, 0.1) is 149 Å². The van der Waals surface area contributed by atoms with E-state index in [0.29, 0.717) is 28.1 Å². The number of benzene rings is 11. The third-order valence-electron chi connectivity index (χ3n) is 22.8. The Labute approximate surface area is 808 Å². The molecule has 0 saturated carbocycles. The van der Waals surface area contributed by atoms with Gasteiger partial charge in [0.1, 0.15) is 94.6 Å². The van der Waals surface area contributed by atoms with Gasteiger partial charge in [-0.1, -0.05) is 111 Å². The molecule has 0 bridgehead atoms. The molecular formula is C97H84N29O6S6+. The van der Waals surface area contributed by atoms with Crippen molar-refractivity contribution in [1.82, 2.24) is 102 Å². The fourth-order valence-electron chi connectivity index (χ4n) is 15.8. The van der Waals surface area contributed by atoms with E-state index in [0.717, 1.165) is 210 Å². The van der Waals surface area contributed by atoms with Gasteiger partial charge in [0.25, 0.3) is 11.4 Å². The number of nitro benzene ring substituents is 1. The fourth-order valence-corrected chi connectivity index (χ4v) is 21.1. The van der Waals surface area contributed by atoms with Crippen molar-refractivity contribution in [3.05, 3.63) is 265 Å². The zero-order valence-corrected chi connectivity index (χ0v) is 80.9. The minimum Gasteiger partial charge on any atom is -0.497 e. The molecule has 35 nitrogen and oxygen atoms in total. The first-order chi connectivity index (χ1) is 67.2. The maximum atomic E-state index is 11.7. The van der Waals surface area contributed by atoms with Crippen LogP contribution >= 0.6 is 68.0 Å². The Morgan fingerprint density at radius 1 is 0.319 bits per heavy atom. The van der Waals surface area contributed by atoms with Gasteiger partial charge in [-0.3, -0.25) is 10.1 Å². The molecule has 0 atom stereocenters. The quantitative estimate of drug-likeness (QED) is 0.0264. The van der Waals surface area contributed by atoms with Crippen LogP contribution in [0.5, 0.6) is 17.4 Å². The molecule has 0 saturated heterocycles. The molecule has 25 rings (SSSR count). The molecule has 0 unspecified atom stereocenters. The predicted octanol–water partition coefficient (Wildman–Crippen LogP) is 23.4. The smallest absolute Gasteiger partial charge is 0.278 e. The first kappa shape index (κ1) is 89.3. The average Bonchev–Trinajstić information content (AvgIpc) is 1.64. The zero-order valence-electron chi connectivity index (χ0n) is 76.0. The molecule has 11 aromatic carbocycles. The third kappa shape index (κ3) is 17.8. The van der Waals surface area contributed by atoms with E-state index < -0.39 is 4.92 Å². The number of hydrogen-bond acceptors (Lipinski definition) is 32. The highest BCUT2D eigenvalue weighted by Crippen LogP contribution is 2.43. The number of hydrogen-bond donors (Lipinski definition) is 6. The number of fused-ring (bicyclic) bond motifs is 19. The highest BCUT2D eigenvalue weighted by molar-refractivity contribution is 7.24. The summed E-state index contributed by atoms with van der Waals surface area (Å²) in [6.45, 7) is 2.13. The van der Waals surface area contributed by atoms with Crippen molar-refractivity contribution in [1.29, 1.82) is 0 Å². The number of ether oxygens (including phenoxy) is 3. The molecule has 6 N–H and O–H groups in total. The lowest BCUT2D eigenvalue weighted by molar-refractivity contribution is -0.427. The lowest BCUT2D eigenvalue weighted by Gasteiger charge is -2.10. The van der Waals surface area contributed by atoms with Gasteiger partial charge >= 0.3 is 0 Å². The Morgan fingerprint density at radius 3 is 1.07 bits per heavy atom. The zero-order chi connectivity index (χ0) is 95.1. The SMILES string of the molecule is CCc1cc(OC)ccc1Nc1nc2c(ccc3c2ncn3C)s1.COc1ccc([N+](=O)[O-])cc1Nc1nc2c(ccc3c2ncn3C)s1.COc1ncccc1Nc1nc2c(ccc3c2ncn3C)s1.Cn1cnc2c(Nc3nc4c(ccc5c4ncn5C)s3)cccc21.Cn1cnc2c3nc(Nc4ccccc4)sc3ccc21.Cn1cnc2c3nc(Nc4ccccc4[N+](C)=O)sc3ccc21. The number of aryl methyl sites for hydroxylation is 8. The normalized spacial score (nSPS) is 11.3. The largest absolute Gasteiger partial charge is 0.497 e. The number of rotatable bonds is 18. The summed E-state index contributed by atoms with van der Waals surface area (Å²) in [5.41, 5.74) is 26.2. The number of nitrogens with zero attached hydrogens (tertiary/aromatic N) is 23. The highest BCUT2D eigenvalue weighted by Gasteiger charge is 2.23. The van der Waals surface area contributed by atoms with Crippen molar-refractivity contribution < 1.29 is 23.9 Å². The van der Waals surface area contributed by atoms with Crippen molar-refractivity contribution in [3.63, 3.8) is 0 Å². The Bertz CT molecular complexity index is 8920. The van der Waals surface area contributed by atoms with E-state index in [1.54, 1.807) is 108 Å². The predicted molar refractivity (Wildman–Crippen MR) is 559 cm³/mol. The molecule has 14 heterocycles. The summed E-state index contributed by atoms with van der Waals surface area (Å²) in [4.78, 5) is 85.7. The van der Waals surface area contributed by atoms with E-state index in [1.807, 2.05) is 216 Å². The molecule has 688 valence electrons. The van der Waals surface area contributed by atoms with E-state index in [1.165, 1.54) is 43.2 Å². The van der Waals surface area contributed by atoms with Gasteiger partial charge in [-0.15, -0.1) is 0 Å². The van der Waals surface area contributed by atoms with Crippen LogP contribution in [0.25, 0.3) is 139 Å². The Morgan fingerprint density at radius 2 is 0.674 bits per heavy atom. The highest BCUT2D eigenvalue weighted by atomic mass is 32.1. The van der Waals surface area contributed by atoms with Gasteiger partial charge in [0, 0.05) is 94.8 Å². The van der Waals surface area contributed by atoms with E-state index in [9.17, 15) is 15.0 Å². The number of para-hydroxylation sites is 4. The minimum absolute atomic E-state index is 0.0171. The first-order valence-electron chi connectivity index (χ1n) is 43.0. The van der Waals surface area contributed by atoms with Gasteiger partial charge < -0.3 is 78.1 Å². The van der Waals surface area contributed by atoms with Crippen LogP contribution in [0, 0.1) is 15.0 Å². The average molecular weight is 1940 g/mol. The summed E-state index contributed by atoms with van der Waals surface area (Å²) in [7, 11) is 20.1. The van der Waals surface area contributed by atoms with Crippen molar-refractivity contribution in [3.8, 4) is 17.4 Å². The Hall–Kier alpha value is -16.6. The molecule has 0 amide bonds. The molecule has 41 heteroatoms. The van der Waals surface area contributed by atoms with Gasteiger partial charge in [-0.05, 0) is 152 Å². The first-order valence-corrected chi connectivity index (χ1v) is 47.9. The van der Waals surface area contributed by atoms with E-state index >= 15 is 0 Å². The van der Waals surface area contributed by atoms with Crippen LogP contribution in [-0.2, 0) is 55.8 Å². The number of methoxy groups -OCH3 is 3. The number of anilines is 12. The monoisotopic (exact) mass is 1940 g/mol. The maximum absolute atomic E-state index is 11.7. The number of nitrogens with one attached hydrogen (secondary N) is 6. The van der Waals surface area contributed by atoms with Gasteiger partial charge in [-0.2, -0.15) is 0 Å². The standard InChI is InChI=1S/C18H18N4OS.C17H14N6S.C16H13N5O3S.C16H14N5OS.C15H13N5OS.C15H12N4S/c1-4-11-9-12(23-3)5-6-13(11)20-18-21-17-15(24-18)8-7-14-16(17)19-10-22(14)2;1-22-8-18-14-10(4-3-5-11(14)22)20-17-21-16-13(24-17)7-6-12-15(16)19-9-23(12)2;1-20-8-17-14-11(20)4-6-13-15(14)19-16(25-13)18-10-7-9(21(22)23)3-5-12(10)24-2;1-20-9-17-14-12(20)7-8-13-15(14)19-16(23-13)18-10-5-3-4-6-11(10)21(2)22;1-20-8-17-12-10(20)5-6-11-13(12)19-15(22-11)18-9-4-3-7-16-14(9)21-2;1-19-9-16-13-11(19)7-8-12-14(13)18-15(20-12)17-10-5-3-2-4-6-10/h5-10H,4H2,1-3H3,(H,20,21);3-9H,1-2H3,(H,20,21);3-8H,1-2H3,(H,18,19);3-9H,1-2H3,(H,18,19);3-8H,1-2H3,(H,18,19);2-9H,1H3,(H,17,18)/q;;;+1;;. The minimum atomic E-state index is -0.444. The number of imidazole rings is 7. The number of thiazole rings is 6. The fraction of sp³-hybridized carbons (Fsp3) is 0.134. The summed E-state index contributed by atoms with van der Waals surface area (Å²) in [6.07, 6.45) is 15.3. The Balaban J connectivity index is 0.000000102. The van der Waals surface area contributed by atoms with Crippen molar-refractivity contribution >= 4 is 283 Å². The lowest BCUT2D eigenvalue weighted by atomic mass is 10.1. The van der Waals surface area contributed by atoms with Gasteiger partial charge in [-0.25, -0.2) is 69.8 Å². The van der Waals surface area contributed by atoms with E-state index in [2.05, 4.69) is 159 Å². The van der Waals surface area contributed by atoms with Gasteiger partial charge in [0.2, 0.25) is 5.88 Å². The summed E-state index contributed by atoms with van der Waals surface area (Å²) in [5, 5.41) is 35.6. The summed E-state index contributed by atoms with van der Waals surface area (Å²) in [6, 6.07) is 62.6. The molecule has 0 radical (unpaired) electrons. The second-order valence-electron chi connectivity index (χ2n) is 31.7. The van der Waals surface area contributed by atoms with Crippen molar-refractivity contribution in [2.45, 2.75) is 13.3 Å². The molecular weight excluding hydrogens is 1860 g/mol. The molecule has 25 aromatic rings. The number of aromatic nitrogens is 21. The van der Waals surface area contributed by atoms with Crippen LogP contribution in [0.4, 0.5) is 76.3 Å². The molecule has 138 heavy (non-hydrogen) atoms. The number of nitroso groups, excluding NO2 is 1. The lowest BCUT2D eigenvalue weighted by Crippen LogP contribution is -1.97. The molecule has 14 aromatic heterocycles. The molecule has 0 spiro atoms. The number of non-ortho nitro benzene ring substituents is 1. The third-order valence-corrected chi connectivity index (χ3v) is 28.4. The van der Waals surface area contributed by atoms with E-state index in [-0.39, 0.29) is 5.69 Å². The summed E-state index contributed by atoms with van der Waals surface area (Å²) in [5.74, 6) is 1.93. The van der Waals surface area contributed by atoms with Crippen molar-refractivity contribution in [2.24, 2.45) is 49.3 Å². The Kier molecular flexibility index (Phi) is 24.6. The van der Waals surface area contributed by atoms with Crippen LogP contribution in [0.2, 0.25) is 0 Å². The van der Waals surface area contributed by atoms with Crippen LogP contribution < -0.4 is 46.1 Å². The second kappa shape index (κ2) is 38.0. The molecule has 0 aliphatic rings. The van der Waals surface area contributed by atoms with Crippen LogP contribution in [0.3, 0.4) is 0 Å². The van der Waals surface area contributed by atoms with Crippen LogP contribution in [0.15, 0.2) is 245 Å². The van der Waals surface area contributed by atoms with Gasteiger partial charge in [0.15, 0.2) is 37.8 Å². The number of pyridine rings is 1. The number of nitro groups is 1. The van der Waals surface area contributed by atoms with Crippen LogP contribution in [-0.4, -0.2) is 140 Å². The molecule has 0 fully saturated rings. The summed E-state index contributed by atoms with van der Waals surface area (Å²) < 4.78 is 37.2.